The molecule has 0 bridgehead atoms. The molecular formula is C24H27ClF2N2O4S2. The predicted molar refractivity (Wildman–Crippen MR) is 133 cm³/mol. The van der Waals surface area contributed by atoms with Gasteiger partial charge in [-0.3, -0.25) is 4.99 Å². The molecule has 11 heteroatoms. The number of benzene rings is 1. The van der Waals surface area contributed by atoms with Crippen LogP contribution in [0.25, 0.3) is 0 Å². The maximum Gasteiger partial charge on any atom is 0.189 e. The molecule has 1 unspecified atom stereocenters. The van der Waals surface area contributed by atoms with Crippen molar-refractivity contribution in [1.82, 2.24) is 5.32 Å². The molecule has 1 aliphatic carbocycles. The number of nitrogens with one attached hydrogen (secondary N) is 1. The number of nitrogens with zero attached hydrogens (tertiary/aromatic N) is 1. The highest BCUT2D eigenvalue weighted by Gasteiger charge is 2.63. The van der Waals surface area contributed by atoms with E-state index in [9.17, 15) is 12.8 Å². The Morgan fingerprint density at radius 1 is 1.20 bits per heavy atom. The van der Waals surface area contributed by atoms with E-state index in [0.29, 0.717) is 17.2 Å². The van der Waals surface area contributed by atoms with Gasteiger partial charge in [-0.05, 0) is 42.9 Å². The summed E-state index contributed by atoms with van der Waals surface area (Å²) in [4.78, 5) is 4.41. The van der Waals surface area contributed by atoms with Crippen LogP contribution in [0.3, 0.4) is 0 Å². The fourth-order valence-corrected chi connectivity index (χ4v) is 8.88. The monoisotopic (exact) mass is 544 g/mol. The maximum atomic E-state index is 15.5. The van der Waals surface area contributed by atoms with Crippen molar-refractivity contribution in [3.05, 3.63) is 52.3 Å². The van der Waals surface area contributed by atoms with Gasteiger partial charge < -0.3 is 14.8 Å². The molecule has 3 heterocycles. The molecule has 1 N–H and O–H groups in total. The van der Waals surface area contributed by atoms with E-state index in [0.717, 1.165) is 24.7 Å². The topological polar surface area (TPSA) is 77.0 Å². The first-order valence-electron chi connectivity index (χ1n) is 11.7. The van der Waals surface area contributed by atoms with Crippen LogP contribution in [-0.2, 0) is 19.3 Å². The largest absolute Gasteiger partial charge is 0.490 e. The van der Waals surface area contributed by atoms with E-state index < -0.39 is 38.3 Å². The third kappa shape index (κ3) is 4.40. The summed E-state index contributed by atoms with van der Waals surface area (Å²) in [5.74, 6) is 0.243. The maximum absolute atomic E-state index is 15.5. The number of hydrogen-bond donors (Lipinski definition) is 1. The molecule has 0 aromatic heterocycles. The van der Waals surface area contributed by atoms with Gasteiger partial charge in [-0.2, -0.15) is 11.8 Å². The van der Waals surface area contributed by atoms with E-state index in [1.807, 2.05) is 0 Å². The fraction of sp³-hybridized carbons (Fsp3) is 0.542. The summed E-state index contributed by atoms with van der Waals surface area (Å²) in [6, 6.07) is 5.84. The lowest BCUT2D eigenvalue weighted by atomic mass is 9.73. The Kier molecular flexibility index (Phi) is 7.18. The fourth-order valence-electron chi connectivity index (χ4n) is 5.47. The summed E-state index contributed by atoms with van der Waals surface area (Å²) in [6.07, 6.45) is -0.227. The van der Waals surface area contributed by atoms with Gasteiger partial charge in [-0.15, -0.1) is 0 Å². The molecule has 3 atom stereocenters. The van der Waals surface area contributed by atoms with Crippen LogP contribution in [0.15, 0.2) is 57.1 Å². The number of thioether (sulfide) groups is 1. The minimum absolute atomic E-state index is 0.0237. The van der Waals surface area contributed by atoms with Crippen LogP contribution in [0.4, 0.5) is 8.78 Å². The van der Waals surface area contributed by atoms with Crippen molar-refractivity contribution in [3.63, 3.8) is 0 Å². The van der Waals surface area contributed by atoms with Crippen LogP contribution < -0.4 is 5.32 Å². The average molecular weight is 545 g/mol. The number of hydrogen-bond acceptors (Lipinski definition) is 7. The van der Waals surface area contributed by atoms with E-state index >= 15 is 4.39 Å². The van der Waals surface area contributed by atoms with Crippen LogP contribution in [0.1, 0.15) is 25.7 Å². The second-order valence-electron chi connectivity index (χ2n) is 9.03. The van der Waals surface area contributed by atoms with E-state index in [-0.39, 0.29) is 48.7 Å². The summed E-state index contributed by atoms with van der Waals surface area (Å²) >= 11 is 7.68. The van der Waals surface area contributed by atoms with Gasteiger partial charge in [0, 0.05) is 36.9 Å². The number of allylic oxidation sites excluding steroid dienone is 3. The van der Waals surface area contributed by atoms with Crippen molar-refractivity contribution in [3.8, 4) is 0 Å². The van der Waals surface area contributed by atoms with Gasteiger partial charge >= 0.3 is 0 Å². The molecule has 0 saturated carbocycles. The summed E-state index contributed by atoms with van der Waals surface area (Å²) in [7, 11) is -4.16. The van der Waals surface area contributed by atoms with Gasteiger partial charge in [0.2, 0.25) is 0 Å². The van der Waals surface area contributed by atoms with Gasteiger partial charge in [-0.1, -0.05) is 11.6 Å². The summed E-state index contributed by atoms with van der Waals surface area (Å²) in [5.41, 5.74) is -0.155. The van der Waals surface area contributed by atoms with Crippen LogP contribution in [0.2, 0.25) is 5.02 Å². The minimum atomic E-state index is -4.16. The summed E-state index contributed by atoms with van der Waals surface area (Å²) < 4.78 is 69.0. The molecule has 0 spiro atoms. The zero-order chi connectivity index (χ0) is 24.6. The number of fused-ring (bicyclic) bond motifs is 3. The van der Waals surface area contributed by atoms with E-state index in [1.54, 1.807) is 11.8 Å². The second kappa shape index (κ2) is 10.0. The quantitative estimate of drug-likeness (QED) is 0.505. The Bertz CT molecular complexity index is 1190. The van der Waals surface area contributed by atoms with Gasteiger partial charge in [0.05, 0.1) is 35.5 Å². The van der Waals surface area contributed by atoms with E-state index in [2.05, 4.69) is 10.3 Å². The summed E-state index contributed by atoms with van der Waals surface area (Å²) in [6.45, 7) is 1.69. The highest BCUT2D eigenvalue weighted by Crippen LogP contribution is 2.55. The van der Waals surface area contributed by atoms with Crippen molar-refractivity contribution < 1.29 is 26.7 Å². The summed E-state index contributed by atoms with van der Waals surface area (Å²) in [5, 5.41) is 3.62. The molecule has 0 radical (unpaired) electrons. The lowest BCUT2D eigenvalue weighted by Gasteiger charge is -2.52. The number of rotatable bonds is 7. The molecule has 3 aliphatic heterocycles. The molecule has 1 aromatic carbocycles. The van der Waals surface area contributed by atoms with Gasteiger partial charge in [0.1, 0.15) is 22.2 Å². The molecule has 2 saturated heterocycles. The lowest BCUT2D eigenvalue weighted by molar-refractivity contribution is -0.0760. The molecule has 1 aromatic rings. The van der Waals surface area contributed by atoms with Gasteiger partial charge in [-0.25, -0.2) is 17.2 Å². The Balaban J connectivity index is 1.51. The normalized spacial score (nSPS) is 28.7. The van der Waals surface area contributed by atoms with Crippen LogP contribution in [0, 0.1) is 5.92 Å². The van der Waals surface area contributed by atoms with Crippen molar-refractivity contribution in [2.75, 3.05) is 37.8 Å². The molecule has 190 valence electrons. The number of sulfone groups is 1. The molecule has 0 amide bonds. The SMILES string of the molecule is O=S(=O)(c1ccc(Cl)cc1)[C@@]12CCO[C@@H](CCSCC3=NCCN3)C1COC1=C(F)CCC(F)=C12. The first kappa shape index (κ1) is 25.0. The predicted octanol–water partition coefficient (Wildman–Crippen LogP) is 4.61. The molecule has 35 heavy (non-hydrogen) atoms. The van der Waals surface area contributed by atoms with Crippen molar-refractivity contribution in [1.29, 1.82) is 0 Å². The minimum Gasteiger partial charge on any atom is -0.490 e. The van der Waals surface area contributed by atoms with Crippen LogP contribution in [0.5, 0.6) is 0 Å². The zero-order valence-electron chi connectivity index (χ0n) is 19.1. The Morgan fingerprint density at radius 2 is 1.97 bits per heavy atom. The molecular weight excluding hydrogens is 518 g/mol. The van der Waals surface area contributed by atoms with Crippen molar-refractivity contribution in [2.45, 2.75) is 41.4 Å². The first-order chi connectivity index (χ1) is 16.8. The Morgan fingerprint density at radius 3 is 2.71 bits per heavy atom. The second-order valence-corrected chi connectivity index (χ2v) is 12.8. The highest BCUT2D eigenvalue weighted by molar-refractivity contribution is 7.99. The number of aliphatic imine (C=N–C) groups is 1. The zero-order valence-corrected chi connectivity index (χ0v) is 21.5. The van der Waals surface area contributed by atoms with Gasteiger partial charge in [0.25, 0.3) is 0 Å². The highest BCUT2D eigenvalue weighted by atomic mass is 35.5. The molecule has 5 rings (SSSR count). The lowest BCUT2D eigenvalue weighted by Crippen LogP contribution is -2.61. The average Bonchev–Trinajstić information content (AvgIpc) is 3.37. The third-order valence-corrected chi connectivity index (χ3v) is 10.9. The standard InChI is InChI=1S/C24H27ClF2N2O4S2/c25-15-1-3-16(4-2-15)35(30,31)24-8-11-32-20(7-12-34-14-21-28-9-10-29-21)17(24)13-33-23-19(27)6-5-18(26)22(23)24/h1-4,17,20H,5-14H2,(H,28,29)/t17?,20-,24-/m0/s1. The first-order valence-corrected chi connectivity index (χ1v) is 14.7. The number of ether oxygens (including phenoxy) is 2. The van der Waals surface area contributed by atoms with Crippen molar-refractivity contribution >= 4 is 39.0 Å². The molecule has 2 fully saturated rings. The Labute approximate surface area is 213 Å². The third-order valence-electron chi connectivity index (χ3n) is 7.12. The van der Waals surface area contributed by atoms with E-state index in [4.69, 9.17) is 21.1 Å². The van der Waals surface area contributed by atoms with Crippen LogP contribution >= 0.6 is 23.4 Å². The number of amidine groups is 1. The van der Waals surface area contributed by atoms with E-state index in [1.165, 1.54) is 24.3 Å². The smallest absolute Gasteiger partial charge is 0.189 e. The van der Waals surface area contributed by atoms with Crippen LogP contribution in [-0.4, -0.2) is 62.9 Å². The molecule has 6 nitrogen and oxygen atoms in total. The number of halogens is 3. The molecule has 4 aliphatic rings. The Hall–Kier alpha value is -1.62. The van der Waals surface area contributed by atoms with Gasteiger partial charge in [0.15, 0.2) is 15.6 Å². The van der Waals surface area contributed by atoms with Crippen molar-refractivity contribution in [2.24, 2.45) is 10.9 Å².